The van der Waals surface area contributed by atoms with E-state index in [-0.39, 0.29) is 24.1 Å². The molecule has 96 valence electrons. The van der Waals surface area contributed by atoms with Crippen molar-refractivity contribution in [3.63, 3.8) is 0 Å². The molecule has 0 bridgehead atoms. The third kappa shape index (κ3) is 2.73. The molecular formula is C13H13F2NO2. The predicted molar refractivity (Wildman–Crippen MR) is 61.9 cm³/mol. The van der Waals surface area contributed by atoms with Crippen LogP contribution in [0.1, 0.15) is 16.8 Å². The van der Waals surface area contributed by atoms with Gasteiger partial charge in [0.1, 0.15) is 11.6 Å². The summed E-state index contributed by atoms with van der Waals surface area (Å²) in [4.78, 5) is 11.8. The Labute approximate surface area is 103 Å². The molecule has 1 aromatic carbocycles. The van der Waals surface area contributed by atoms with E-state index in [1.807, 2.05) is 6.08 Å². The van der Waals surface area contributed by atoms with Crippen LogP contribution in [0.3, 0.4) is 0 Å². The van der Waals surface area contributed by atoms with Crippen LogP contribution in [0.5, 0.6) is 0 Å². The lowest BCUT2D eigenvalue weighted by Crippen LogP contribution is -2.33. The SMILES string of the molecule is O=C(N[C@@H]1C=C[C@H](CO)C1)c1ccc(F)cc1F. The van der Waals surface area contributed by atoms with E-state index in [1.165, 1.54) is 0 Å². The predicted octanol–water partition coefficient (Wildman–Crippen LogP) is 1.63. The summed E-state index contributed by atoms with van der Waals surface area (Å²) in [6.45, 7) is 0.0216. The zero-order valence-electron chi connectivity index (χ0n) is 9.57. The second-order valence-electron chi connectivity index (χ2n) is 4.27. The van der Waals surface area contributed by atoms with Crippen LogP contribution in [0.25, 0.3) is 0 Å². The molecule has 1 aromatic rings. The van der Waals surface area contributed by atoms with Gasteiger partial charge >= 0.3 is 0 Å². The van der Waals surface area contributed by atoms with Crippen LogP contribution < -0.4 is 5.32 Å². The van der Waals surface area contributed by atoms with Gasteiger partial charge in [0.25, 0.3) is 5.91 Å². The Morgan fingerprint density at radius 3 is 2.78 bits per heavy atom. The molecule has 0 heterocycles. The number of carbonyl (C=O) groups excluding carboxylic acids is 1. The Morgan fingerprint density at radius 2 is 2.17 bits per heavy atom. The molecule has 0 fully saturated rings. The lowest BCUT2D eigenvalue weighted by Gasteiger charge is -2.13. The van der Waals surface area contributed by atoms with Crippen molar-refractivity contribution in [3.05, 3.63) is 47.5 Å². The zero-order chi connectivity index (χ0) is 13.1. The van der Waals surface area contributed by atoms with E-state index in [2.05, 4.69) is 5.32 Å². The van der Waals surface area contributed by atoms with Crippen LogP contribution in [0.4, 0.5) is 8.78 Å². The van der Waals surface area contributed by atoms with Crippen molar-refractivity contribution in [2.24, 2.45) is 5.92 Å². The minimum absolute atomic E-state index is 0.0216. The topological polar surface area (TPSA) is 49.3 Å². The fourth-order valence-electron chi connectivity index (χ4n) is 1.94. The van der Waals surface area contributed by atoms with Crippen LogP contribution >= 0.6 is 0 Å². The molecule has 1 aliphatic carbocycles. The molecule has 0 aromatic heterocycles. The van der Waals surface area contributed by atoms with Gasteiger partial charge in [0.2, 0.25) is 0 Å². The molecule has 0 spiro atoms. The van der Waals surface area contributed by atoms with Gasteiger partial charge in [-0.1, -0.05) is 12.2 Å². The van der Waals surface area contributed by atoms with Gasteiger partial charge in [0.15, 0.2) is 0 Å². The van der Waals surface area contributed by atoms with Crippen molar-refractivity contribution in [1.82, 2.24) is 5.32 Å². The molecule has 5 heteroatoms. The molecular weight excluding hydrogens is 240 g/mol. The number of rotatable bonds is 3. The number of aliphatic hydroxyl groups is 1. The first-order chi connectivity index (χ1) is 8.60. The van der Waals surface area contributed by atoms with Crippen molar-refractivity contribution in [1.29, 1.82) is 0 Å². The van der Waals surface area contributed by atoms with Gasteiger partial charge in [-0.2, -0.15) is 0 Å². The quantitative estimate of drug-likeness (QED) is 0.804. The van der Waals surface area contributed by atoms with Gasteiger partial charge in [-0.3, -0.25) is 4.79 Å². The second-order valence-corrected chi connectivity index (χ2v) is 4.27. The standard InChI is InChI=1S/C13H13F2NO2/c14-9-2-4-11(12(15)6-9)13(18)16-10-3-1-8(5-10)7-17/h1-4,6,8,10,17H,5,7H2,(H,16,18)/t8-,10+/m0/s1. The molecule has 1 amide bonds. The maximum Gasteiger partial charge on any atom is 0.254 e. The highest BCUT2D eigenvalue weighted by molar-refractivity contribution is 5.94. The van der Waals surface area contributed by atoms with Gasteiger partial charge in [-0.25, -0.2) is 8.78 Å². The van der Waals surface area contributed by atoms with E-state index in [0.717, 1.165) is 12.1 Å². The third-order valence-corrected chi connectivity index (χ3v) is 2.90. The minimum Gasteiger partial charge on any atom is -0.396 e. The monoisotopic (exact) mass is 253 g/mol. The normalized spacial score (nSPS) is 22.2. The molecule has 0 saturated heterocycles. The van der Waals surface area contributed by atoms with Crippen LogP contribution in [-0.2, 0) is 0 Å². The summed E-state index contributed by atoms with van der Waals surface area (Å²) in [6.07, 6.45) is 4.16. The molecule has 2 atom stereocenters. The van der Waals surface area contributed by atoms with Crippen LogP contribution in [-0.4, -0.2) is 23.7 Å². The summed E-state index contributed by atoms with van der Waals surface area (Å²) in [6, 6.07) is 2.61. The Bertz CT molecular complexity index is 488. The van der Waals surface area contributed by atoms with Crippen molar-refractivity contribution >= 4 is 5.91 Å². The molecule has 2 rings (SSSR count). The number of hydrogen-bond donors (Lipinski definition) is 2. The number of carbonyl (C=O) groups is 1. The fourth-order valence-corrected chi connectivity index (χ4v) is 1.94. The minimum atomic E-state index is -0.881. The summed E-state index contributed by atoms with van der Waals surface area (Å²) >= 11 is 0. The molecule has 18 heavy (non-hydrogen) atoms. The molecule has 2 N–H and O–H groups in total. The van der Waals surface area contributed by atoms with Crippen LogP contribution in [0, 0.1) is 17.6 Å². The van der Waals surface area contributed by atoms with E-state index in [1.54, 1.807) is 6.08 Å². The summed E-state index contributed by atoms with van der Waals surface area (Å²) in [5, 5.41) is 11.6. The number of amides is 1. The summed E-state index contributed by atoms with van der Waals surface area (Å²) < 4.78 is 26.1. The molecule has 3 nitrogen and oxygen atoms in total. The number of hydrogen-bond acceptors (Lipinski definition) is 2. The molecule has 0 saturated carbocycles. The third-order valence-electron chi connectivity index (χ3n) is 2.90. The molecule has 0 radical (unpaired) electrons. The summed E-state index contributed by atoms with van der Waals surface area (Å²) in [5.41, 5.74) is -0.183. The lowest BCUT2D eigenvalue weighted by molar-refractivity contribution is 0.0937. The van der Waals surface area contributed by atoms with Crippen LogP contribution in [0.2, 0.25) is 0 Å². The van der Waals surface area contributed by atoms with E-state index in [9.17, 15) is 13.6 Å². The summed E-state index contributed by atoms with van der Waals surface area (Å²) in [5.74, 6) is -2.16. The number of aliphatic hydroxyl groups excluding tert-OH is 1. The highest BCUT2D eigenvalue weighted by Gasteiger charge is 2.21. The number of benzene rings is 1. The van der Waals surface area contributed by atoms with Crippen molar-refractivity contribution in [2.45, 2.75) is 12.5 Å². The Kier molecular flexibility index (Phi) is 3.72. The molecule has 0 unspecified atom stereocenters. The Balaban J connectivity index is 2.02. The number of nitrogens with one attached hydrogen (secondary N) is 1. The fraction of sp³-hybridized carbons (Fsp3) is 0.308. The van der Waals surface area contributed by atoms with Crippen LogP contribution in [0.15, 0.2) is 30.4 Å². The van der Waals surface area contributed by atoms with E-state index < -0.39 is 17.5 Å². The summed E-state index contributed by atoms with van der Waals surface area (Å²) in [7, 11) is 0. The van der Waals surface area contributed by atoms with Gasteiger partial charge < -0.3 is 10.4 Å². The highest BCUT2D eigenvalue weighted by Crippen LogP contribution is 2.18. The van der Waals surface area contributed by atoms with Crippen molar-refractivity contribution < 1.29 is 18.7 Å². The average Bonchev–Trinajstić information content (AvgIpc) is 2.76. The first-order valence-corrected chi connectivity index (χ1v) is 5.65. The average molecular weight is 253 g/mol. The Morgan fingerprint density at radius 1 is 1.39 bits per heavy atom. The Hall–Kier alpha value is -1.75. The largest absolute Gasteiger partial charge is 0.396 e. The highest BCUT2D eigenvalue weighted by atomic mass is 19.1. The van der Waals surface area contributed by atoms with Gasteiger partial charge in [-0.05, 0) is 18.6 Å². The van der Waals surface area contributed by atoms with E-state index >= 15 is 0 Å². The smallest absolute Gasteiger partial charge is 0.254 e. The number of halogens is 2. The van der Waals surface area contributed by atoms with E-state index in [4.69, 9.17) is 5.11 Å². The molecule has 1 aliphatic rings. The first kappa shape index (κ1) is 12.7. The zero-order valence-corrected chi connectivity index (χ0v) is 9.57. The molecule has 0 aliphatic heterocycles. The maximum atomic E-state index is 13.4. The maximum absolute atomic E-state index is 13.4. The van der Waals surface area contributed by atoms with Gasteiger partial charge in [0, 0.05) is 24.6 Å². The van der Waals surface area contributed by atoms with Gasteiger partial charge in [-0.15, -0.1) is 0 Å². The van der Waals surface area contributed by atoms with E-state index in [0.29, 0.717) is 12.5 Å². The van der Waals surface area contributed by atoms with Gasteiger partial charge in [0.05, 0.1) is 5.56 Å². The van der Waals surface area contributed by atoms with Crippen molar-refractivity contribution in [3.8, 4) is 0 Å². The lowest BCUT2D eigenvalue weighted by atomic mass is 10.1. The van der Waals surface area contributed by atoms with Crippen molar-refractivity contribution in [2.75, 3.05) is 6.61 Å². The first-order valence-electron chi connectivity index (χ1n) is 5.65. The second kappa shape index (κ2) is 5.27.